The molecule has 1 N–H and O–H groups in total. The van der Waals surface area contributed by atoms with Crippen molar-refractivity contribution in [3.05, 3.63) is 0 Å². The van der Waals surface area contributed by atoms with Gasteiger partial charge in [-0.2, -0.15) is 0 Å². The third kappa shape index (κ3) is 3.01. The maximum absolute atomic E-state index is 10.9. The van der Waals surface area contributed by atoms with E-state index in [0.29, 0.717) is 6.04 Å². The molecular formula is C14H25NO2. The van der Waals surface area contributed by atoms with E-state index < -0.39 is 5.97 Å². The van der Waals surface area contributed by atoms with Crippen LogP contribution in [-0.4, -0.2) is 34.6 Å². The van der Waals surface area contributed by atoms with Gasteiger partial charge in [-0.25, -0.2) is 0 Å². The average molecular weight is 239 g/mol. The number of hydrogen-bond acceptors (Lipinski definition) is 2. The second-order valence-electron chi connectivity index (χ2n) is 5.64. The van der Waals surface area contributed by atoms with Crippen molar-refractivity contribution in [2.75, 3.05) is 6.54 Å². The molecule has 1 saturated heterocycles. The van der Waals surface area contributed by atoms with Gasteiger partial charge in [0.15, 0.2) is 0 Å². The summed E-state index contributed by atoms with van der Waals surface area (Å²) in [5, 5.41) is 9.02. The molecule has 1 heterocycles. The van der Waals surface area contributed by atoms with Crippen molar-refractivity contribution in [2.24, 2.45) is 5.92 Å². The number of likely N-dealkylation sites (tertiary alicyclic amines) is 1. The third-order valence-corrected chi connectivity index (χ3v) is 4.66. The van der Waals surface area contributed by atoms with Crippen molar-refractivity contribution in [3.63, 3.8) is 0 Å². The van der Waals surface area contributed by atoms with E-state index in [0.717, 1.165) is 31.7 Å². The second kappa shape index (κ2) is 5.85. The van der Waals surface area contributed by atoms with Gasteiger partial charge in [-0.15, -0.1) is 0 Å². The molecule has 0 aromatic heterocycles. The van der Waals surface area contributed by atoms with Crippen LogP contribution < -0.4 is 0 Å². The highest BCUT2D eigenvalue weighted by Crippen LogP contribution is 2.32. The van der Waals surface area contributed by atoms with Crippen LogP contribution in [0.1, 0.15) is 58.3 Å². The summed E-state index contributed by atoms with van der Waals surface area (Å²) in [6.45, 7) is 3.52. The number of hydrogen-bond donors (Lipinski definition) is 1. The zero-order valence-electron chi connectivity index (χ0n) is 10.9. The fourth-order valence-corrected chi connectivity index (χ4v) is 3.60. The highest BCUT2D eigenvalue weighted by atomic mass is 16.4. The van der Waals surface area contributed by atoms with Crippen LogP contribution in [0, 0.1) is 5.92 Å². The van der Waals surface area contributed by atoms with Crippen LogP contribution in [0.25, 0.3) is 0 Å². The fourth-order valence-electron chi connectivity index (χ4n) is 3.60. The summed E-state index contributed by atoms with van der Waals surface area (Å²) in [4.78, 5) is 13.6. The van der Waals surface area contributed by atoms with E-state index in [1.807, 2.05) is 0 Å². The molecule has 3 heteroatoms. The van der Waals surface area contributed by atoms with Crippen molar-refractivity contribution in [1.82, 2.24) is 4.90 Å². The molecule has 2 fully saturated rings. The predicted molar refractivity (Wildman–Crippen MR) is 68.0 cm³/mol. The molecule has 0 aromatic carbocycles. The van der Waals surface area contributed by atoms with Crippen molar-refractivity contribution >= 4 is 5.97 Å². The van der Waals surface area contributed by atoms with Gasteiger partial charge in [0.1, 0.15) is 0 Å². The average Bonchev–Trinajstić information content (AvgIpc) is 2.39. The standard InChI is InChI=1S/C14H25NO2/c1-2-12-5-3-4-10-15(12)13-8-6-11(7-9-13)14(16)17/h11-13H,2-10H2,1H3,(H,16,17)/t11?,12-,13?/m1/s1. The van der Waals surface area contributed by atoms with Crippen LogP contribution in [0.3, 0.4) is 0 Å². The van der Waals surface area contributed by atoms with Gasteiger partial charge in [-0.05, 0) is 51.5 Å². The lowest BCUT2D eigenvalue weighted by atomic mass is 9.83. The molecule has 1 aliphatic heterocycles. The van der Waals surface area contributed by atoms with Crippen molar-refractivity contribution < 1.29 is 9.90 Å². The molecule has 0 amide bonds. The first-order valence-corrected chi connectivity index (χ1v) is 7.21. The van der Waals surface area contributed by atoms with E-state index >= 15 is 0 Å². The Morgan fingerprint density at radius 1 is 1.18 bits per heavy atom. The summed E-state index contributed by atoms with van der Waals surface area (Å²) < 4.78 is 0. The molecule has 17 heavy (non-hydrogen) atoms. The first-order valence-electron chi connectivity index (χ1n) is 7.21. The summed E-state index contributed by atoms with van der Waals surface area (Å²) in [7, 11) is 0. The van der Waals surface area contributed by atoms with Crippen LogP contribution in [0.4, 0.5) is 0 Å². The largest absolute Gasteiger partial charge is 0.481 e. The van der Waals surface area contributed by atoms with E-state index in [9.17, 15) is 4.79 Å². The Hall–Kier alpha value is -0.570. The van der Waals surface area contributed by atoms with Gasteiger partial charge in [-0.1, -0.05) is 13.3 Å². The summed E-state index contributed by atoms with van der Waals surface area (Å²) >= 11 is 0. The Morgan fingerprint density at radius 2 is 1.88 bits per heavy atom. The minimum Gasteiger partial charge on any atom is -0.481 e. The number of carbonyl (C=O) groups is 1. The smallest absolute Gasteiger partial charge is 0.306 e. The fraction of sp³-hybridized carbons (Fsp3) is 0.929. The number of rotatable bonds is 3. The lowest BCUT2D eigenvalue weighted by Crippen LogP contribution is -2.47. The van der Waals surface area contributed by atoms with Crippen LogP contribution in [-0.2, 0) is 4.79 Å². The third-order valence-electron chi connectivity index (χ3n) is 4.66. The van der Waals surface area contributed by atoms with Crippen LogP contribution in [0.15, 0.2) is 0 Å². The zero-order valence-corrected chi connectivity index (χ0v) is 10.9. The SMILES string of the molecule is CC[C@@H]1CCCCN1C1CCC(C(=O)O)CC1. The molecule has 1 aliphatic carbocycles. The summed E-state index contributed by atoms with van der Waals surface area (Å²) in [5.74, 6) is -0.662. The molecular weight excluding hydrogens is 214 g/mol. The Balaban J connectivity index is 1.88. The van der Waals surface area contributed by atoms with E-state index in [1.165, 1.54) is 32.2 Å². The Kier molecular flexibility index (Phi) is 4.43. The van der Waals surface area contributed by atoms with Crippen molar-refractivity contribution in [1.29, 1.82) is 0 Å². The highest BCUT2D eigenvalue weighted by molar-refractivity contribution is 5.70. The van der Waals surface area contributed by atoms with Gasteiger partial charge in [-0.3, -0.25) is 9.69 Å². The number of carboxylic acid groups (broad SMARTS) is 1. The van der Waals surface area contributed by atoms with Gasteiger partial charge in [0, 0.05) is 12.1 Å². The molecule has 1 atom stereocenters. The highest BCUT2D eigenvalue weighted by Gasteiger charge is 2.32. The molecule has 98 valence electrons. The van der Waals surface area contributed by atoms with Crippen molar-refractivity contribution in [3.8, 4) is 0 Å². The summed E-state index contributed by atoms with van der Waals surface area (Å²) in [6.07, 6.45) is 9.24. The normalized spacial score (nSPS) is 35.7. The topological polar surface area (TPSA) is 40.5 Å². The quantitative estimate of drug-likeness (QED) is 0.823. The Morgan fingerprint density at radius 3 is 2.47 bits per heavy atom. The maximum atomic E-state index is 10.9. The van der Waals surface area contributed by atoms with Gasteiger partial charge < -0.3 is 5.11 Å². The Bertz CT molecular complexity index is 259. The van der Waals surface area contributed by atoms with Crippen LogP contribution >= 0.6 is 0 Å². The van der Waals surface area contributed by atoms with Gasteiger partial charge in [0.25, 0.3) is 0 Å². The summed E-state index contributed by atoms with van der Waals surface area (Å²) in [5.41, 5.74) is 0. The van der Waals surface area contributed by atoms with Gasteiger partial charge in [0.2, 0.25) is 0 Å². The number of aliphatic carboxylic acids is 1. The van der Waals surface area contributed by atoms with Crippen molar-refractivity contribution in [2.45, 2.75) is 70.4 Å². The zero-order chi connectivity index (χ0) is 12.3. The second-order valence-corrected chi connectivity index (χ2v) is 5.64. The molecule has 1 saturated carbocycles. The van der Waals surface area contributed by atoms with Crippen LogP contribution in [0.5, 0.6) is 0 Å². The van der Waals surface area contributed by atoms with E-state index in [4.69, 9.17) is 5.11 Å². The first kappa shape index (κ1) is 12.9. The minimum atomic E-state index is -0.589. The van der Waals surface area contributed by atoms with Gasteiger partial charge >= 0.3 is 5.97 Å². The van der Waals surface area contributed by atoms with Crippen LogP contribution in [0.2, 0.25) is 0 Å². The molecule has 0 aromatic rings. The number of carboxylic acids is 1. The van der Waals surface area contributed by atoms with E-state index in [-0.39, 0.29) is 5.92 Å². The monoisotopic (exact) mass is 239 g/mol. The lowest BCUT2D eigenvalue weighted by Gasteiger charge is -2.43. The number of piperidine rings is 1. The Labute approximate surface area is 104 Å². The lowest BCUT2D eigenvalue weighted by molar-refractivity contribution is -0.143. The minimum absolute atomic E-state index is 0.0730. The molecule has 2 aliphatic rings. The molecule has 0 radical (unpaired) electrons. The molecule has 0 spiro atoms. The summed E-state index contributed by atoms with van der Waals surface area (Å²) in [6, 6.07) is 1.42. The maximum Gasteiger partial charge on any atom is 0.306 e. The van der Waals surface area contributed by atoms with E-state index in [2.05, 4.69) is 11.8 Å². The molecule has 0 unspecified atom stereocenters. The van der Waals surface area contributed by atoms with Gasteiger partial charge in [0.05, 0.1) is 5.92 Å². The predicted octanol–water partition coefficient (Wildman–Crippen LogP) is 2.89. The molecule has 3 nitrogen and oxygen atoms in total. The molecule has 0 bridgehead atoms. The molecule has 2 rings (SSSR count). The first-order chi connectivity index (χ1) is 8.22. The van der Waals surface area contributed by atoms with E-state index in [1.54, 1.807) is 0 Å². The number of nitrogens with zero attached hydrogens (tertiary/aromatic N) is 1.